The summed E-state index contributed by atoms with van der Waals surface area (Å²) in [5.41, 5.74) is 8.41. The molecule has 2 aromatic rings. The molecule has 2 heteroatoms. The molecular formula is C28H33NO. The highest BCUT2D eigenvalue weighted by Crippen LogP contribution is 2.34. The van der Waals surface area contributed by atoms with Crippen LogP contribution in [0.5, 0.6) is 0 Å². The fraction of sp³-hybridized carbons (Fsp3) is 0.286. The van der Waals surface area contributed by atoms with Gasteiger partial charge >= 0.3 is 0 Å². The summed E-state index contributed by atoms with van der Waals surface area (Å²) in [7, 11) is 0. The van der Waals surface area contributed by atoms with Gasteiger partial charge in [0, 0.05) is 25.6 Å². The van der Waals surface area contributed by atoms with Crippen LogP contribution in [0.3, 0.4) is 0 Å². The quantitative estimate of drug-likeness (QED) is 0.511. The van der Waals surface area contributed by atoms with Crippen LogP contribution < -0.4 is 5.32 Å². The molecule has 0 bridgehead atoms. The SMILES string of the molecule is C=C(/C=C\C=C/C)/C(CCCO)=C(/c1ccc(C)cc1)c1ccc(C2CNC2)cc1. The molecule has 2 aromatic carbocycles. The van der Waals surface area contributed by atoms with E-state index in [1.807, 2.05) is 25.2 Å². The van der Waals surface area contributed by atoms with E-state index in [0.29, 0.717) is 12.3 Å². The summed E-state index contributed by atoms with van der Waals surface area (Å²) < 4.78 is 0. The molecule has 156 valence electrons. The summed E-state index contributed by atoms with van der Waals surface area (Å²) >= 11 is 0. The van der Waals surface area contributed by atoms with Gasteiger partial charge in [-0.25, -0.2) is 0 Å². The van der Waals surface area contributed by atoms with Crippen LogP contribution in [0.25, 0.3) is 5.57 Å². The van der Waals surface area contributed by atoms with Gasteiger partial charge in [-0.3, -0.25) is 0 Å². The van der Waals surface area contributed by atoms with Gasteiger partial charge in [0.1, 0.15) is 0 Å². The van der Waals surface area contributed by atoms with Gasteiger partial charge in [0.15, 0.2) is 0 Å². The Labute approximate surface area is 181 Å². The molecule has 1 aliphatic rings. The van der Waals surface area contributed by atoms with Gasteiger partial charge < -0.3 is 10.4 Å². The van der Waals surface area contributed by atoms with Crippen molar-refractivity contribution < 1.29 is 5.11 Å². The molecule has 0 unspecified atom stereocenters. The molecule has 0 aliphatic carbocycles. The van der Waals surface area contributed by atoms with Gasteiger partial charge in [0.05, 0.1) is 0 Å². The normalized spacial score (nSPS) is 15.4. The van der Waals surface area contributed by atoms with Gasteiger partial charge in [-0.05, 0) is 60.1 Å². The first-order valence-electron chi connectivity index (χ1n) is 10.8. The molecule has 0 spiro atoms. The lowest BCUT2D eigenvalue weighted by Crippen LogP contribution is -2.39. The molecule has 2 nitrogen and oxygen atoms in total. The van der Waals surface area contributed by atoms with Crippen molar-refractivity contribution in [3.05, 3.63) is 113 Å². The largest absolute Gasteiger partial charge is 0.396 e. The first-order chi connectivity index (χ1) is 14.6. The van der Waals surface area contributed by atoms with E-state index in [1.54, 1.807) is 0 Å². The minimum Gasteiger partial charge on any atom is -0.396 e. The maximum absolute atomic E-state index is 9.51. The number of aliphatic hydroxyl groups is 1. The Hall–Kier alpha value is -2.68. The topological polar surface area (TPSA) is 32.3 Å². The van der Waals surface area contributed by atoms with Crippen LogP contribution in [0.15, 0.2) is 90.6 Å². The van der Waals surface area contributed by atoms with Crippen molar-refractivity contribution in [2.45, 2.75) is 32.6 Å². The second-order valence-electron chi connectivity index (χ2n) is 7.93. The lowest BCUT2D eigenvalue weighted by atomic mass is 9.85. The van der Waals surface area contributed by atoms with Crippen molar-refractivity contribution in [1.82, 2.24) is 5.32 Å². The highest BCUT2D eigenvalue weighted by molar-refractivity contribution is 5.85. The molecular weight excluding hydrogens is 366 g/mol. The van der Waals surface area contributed by atoms with Crippen LogP contribution >= 0.6 is 0 Å². The zero-order valence-electron chi connectivity index (χ0n) is 18.2. The fourth-order valence-electron chi connectivity index (χ4n) is 3.77. The number of aryl methyl sites for hydroxylation is 1. The van der Waals surface area contributed by atoms with Crippen LogP contribution in [-0.4, -0.2) is 24.8 Å². The summed E-state index contributed by atoms with van der Waals surface area (Å²) in [5.74, 6) is 0.624. The Kier molecular flexibility index (Phi) is 8.01. The number of hydrogen-bond donors (Lipinski definition) is 2. The number of nitrogens with one attached hydrogen (secondary N) is 1. The van der Waals surface area contributed by atoms with E-state index in [1.165, 1.54) is 33.4 Å². The Bertz CT molecular complexity index is 926. The predicted molar refractivity (Wildman–Crippen MR) is 129 cm³/mol. The Morgan fingerprint density at radius 1 is 1.03 bits per heavy atom. The first-order valence-corrected chi connectivity index (χ1v) is 10.8. The van der Waals surface area contributed by atoms with Crippen LogP contribution in [0, 0.1) is 6.92 Å². The van der Waals surface area contributed by atoms with E-state index in [0.717, 1.165) is 25.1 Å². The molecule has 3 rings (SSSR count). The number of benzene rings is 2. The monoisotopic (exact) mass is 399 g/mol. The van der Waals surface area contributed by atoms with E-state index in [9.17, 15) is 5.11 Å². The van der Waals surface area contributed by atoms with Crippen molar-refractivity contribution in [3.8, 4) is 0 Å². The van der Waals surface area contributed by atoms with Crippen molar-refractivity contribution in [2.75, 3.05) is 19.7 Å². The van der Waals surface area contributed by atoms with E-state index >= 15 is 0 Å². The molecule has 1 heterocycles. The molecule has 2 N–H and O–H groups in total. The minimum absolute atomic E-state index is 0.171. The van der Waals surface area contributed by atoms with Gasteiger partial charge in [0.2, 0.25) is 0 Å². The van der Waals surface area contributed by atoms with Crippen molar-refractivity contribution >= 4 is 5.57 Å². The Morgan fingerprint density at radius 2 is 1.67 bits per heavy atom. The van der Waals surface area contributed by atoms with E-state index < -0.39 is 0 Å². The molecule has 0 atom stereocenters. The standard InChI is InChI=1S/C28H33NO/c1-4-5-6-8-22(3)27(9-7-18-30)28(24-12-10-21(2)11-13-24)25-16-14-23(15-17-25)26-19-29-20-26/h4-6,8,10-17,26,29-30H,3,7,9,18-20H2,1-2H3/b5-4-,8-6-,28-27-. The summed E-state index contributed by atoms with van der Waals surface area (Å²) in [6.07, 6.45) is 9.62. The summed E-state index contributed by atoms with van der Waals surface area (Å²) in [6, 6.07) is 17.7. The van der Waals surface area contributed by atoms with Gasteiger partial charge in [-0.15, -0.1) is 0 Å². The third kappa shape index (κ3) is 5.47. The van der Waals surface area contributed by atoms with E-state index in [2.05, 4.69) is 73.4 Å². The van der Waals surface area contributed by atoms with Crippen molar-refractivity contribution in [3.63, 3.8) is 0 Å². The van der Waals surface area contributed by atoms with Crippen LogP contribution in [0.1, 0.15) is 47.9 Å². The number of rotatable bonds is 9. The number of allylic oxidation sites excluding steroid dienone is 6. The predicted octanol–water partition coefficient (Wildman–Crippen LogP) is 5.94. The molecule has 1 fully saturated rings. The van der Waals surface area contributed by atoms with E-state index in [4.69, 9.17) is 0 Å². The number of aliphatic hydroxyl groups excluding tert-OH is 1. The van der Waals surface area contributed by atoms with Crippen LogP contribution in [-0.2, 0) is 0 Å². The van der Waals surface area contributed by atoms with Crippen molar-refractivity contribution in [1.29, 1.82) is 0 Å². The third-order valence-corrected chi connectivity index (χ3v) is 5.67. The van der Waals surface area contributed by atoms with Gasteiger partial charge in [-0.1, -0.05) is 85.0 Å². The van der Waals surface area contributed by atoms with Crippen LogP contribution in [0.4, 0.5) is 0 Å². The van der Waals surface area contributed by atoms with Crippen molar-refractivity contribution in [2.24, 2.45) is 0 Å². The van der Waals surface area contributed by atoms with Crippen LogP contribution in [0.2, 0.25) is 0 Å². The zero-order valence-corrected chi connectivity index (χ0v) is 18.2. The van der Waals surface area contributed by atoms with Gasteiger partial charge in [0.25, 0.3) is 0 Å². The lowest BCUT2D eigenvalue weighted by Gasteiger charge is -2.27. The molecule has 30 heavy (non-hydrogen) atoms. The average molecular weight is 400 g/mol. The molecule has 1 aliphatic heterocycles. The molecule has 1 saturated heterocycles. The Balaban J connectivity index is 2.10. The molecule has 0 saturated carbocycles. The highest BCUT2D eigenvalue weighted by Gasteiger charge is 2.19. The maximum atomic E-state index is 9.51. The number of hydrogen-bond acceptors (Lipinski definition) is 2. The average Bonchev–Trinajstić information content (AvgIpc) is 2.72. The van der Waals surface area contributed by atoms with Gasteiger partial charge in [-0.2, -0.15) is 0 Å². The highest BCUT2D eigenvalue weighted by atomic mass is 16.2. The summed E-state index contributed by atoms with van der Waals surface area (Å²) in [4.78, 5) is 0. The minimum atomic E-state index is 0.171. The summed E-state index contributed by atoms with van der Waals surface area (Å²) in [6.45, 7) is 10.8. The maximum Gasteiger partial charge on any atom is 0.0434 e. The second kappa shape index (κ2) is 10.9. The molecule has 0 radical (unpaired) electrons. The smallest absolute Gasteiger partial charge is 0.0434 e. The second-order valence-corrected chi connectivity index (χ2v) is 7.93. The molecule has 0 amide bonds. The summed E-state index contributed by atoms with van der Waals surface area (Å²) in [5, 5.41) is 12.9. The lowest BCUT2D eigenvalue weighted by molar-refractivity contribution is 0.289. The Morgan fingerprint density at radius 3 is 2.20 bits per heavy atom. The van der Waals surface area contributed by atoms with E-state index in [-0.39, 0.29) is 6.61 Å². The zero-order chi connectivity index (χ0) is 21.3. The molecule has 0 aromatic heterocycles. The third-order valence-electron chi connectivity index (χ3n) is 5.67. The fourth-order valence-corrected chi connectivity index (χ4v) is 3.77. The first kappa shape index (κ1) is 22.0.